The number of hydrogen-bond acceptors (Lipinski definition) is 5. The van der Waals surface area contributed by atoms with Gasteiger partial charge in [0.25, 0.3) is 0 Å². The normalized spacial score (nSPS) is 10.7. The first-order valence-electron chi connectivity index (χ1n) is 9.08. The van der Waals surface area contributed by atoms with Crippen molar-refractivity contribution in [2.24, 2.45) is 0 Å². The molecule has 7 nitrogen and oxygen atoms in total. The van der Waals surface area contributed by atoms with Crippen LogP contribution in [0.25, 0.3) is 16.7 Å². The summed E-state index contributed by atoms with van der Waals surface area (Å²) in [5.74, 6) is 1.14. The van der Waals surface area contributed by atoms with Crippen molar-refractivity contribution < 1.29 is 19.4 Å². The van der Waals surface area contributed by atoms with Gasteiger partial charge in [0.05, 0.1) is 17.6 Å². The van der Waals surface area contributed by atoms with Crippen molar-refractivity contribution >= 4 is 22.8 Å². The Labute approximate surface area is 167 Å². The number of rotatable bonds is 6. The van der Waals surface area contributed by atoms with E-state index in [0.717, 1.165) is 16.7 Å². The molecule has 1 aromatic heterocycles. The van der Waals surface area contributed by atoms with Crippen LogP contribution in [0.3, 0.4) is 0 Å². The van der Waals surface area contributed by atoms with Crippen molar-refractivity contribution in [2.75, 3.05) is 18.5 Å². The second-order valence-electron chi connectivity index (χ2n) is 6.21. The number of aromatic nitrogens is 2. The number of aliphatic hydroxyl groups is 1. The minimum absolute atomic E-state index is 0.0360. The third-order valence-electron chi connectivity index (χ3n) is 4.22. The molecule has 7 heteroatoms. The largest absolute Gasteiger partial charge is 0.491 e. The molecular formula is C22H19N3O4. The highest BCUT2D eigenvalue weighted by molar-refractivity contribution is 5.86. The molecule has 0 saturated carbocycles. The minimum Gasteiger partial charge on any atom is -0.491 e. The van der Waals surface area contributed by atoms with E-state index in [2.05, 4.69) is 10.3 Å². The Balaban J connectivity index is 1.47. The second-order valence-corrected chi connectivity index (χ2v) is 6.21. The number of nitrogens with zero attached hydrogens (tertiary/aromatic N) is 2. The zero-order chi connectivity index (χ0) is 20.1. The van der Waals surface area contributed by atoms with Gasteiger partial charge in [0.2, 0.25) is 0 Å². The molecule has 3 aromatic carbocycles. The standard InChI is InChI=1S/C22H19N3O4/c26-12-13-28-19-10-11-21-20(14-19)23-15-25(21)17-8-6-16(7-9-17)24-22(27)29-18-4-2-1-3-5-18/h1-11,14-15,26H,12-13H2,(H,24,27). The van der Waals surface area contributed by atoms with Crippen LogP contribution < -0.4 is 14.8 Å². The molecule has 4 aromatic rings. The van der Waals surface area contributed by atoms with Gasteiger partial charge in [0, 0.05) is 17.4 Å². The van der Waals surface area contributed by atoms with Gasteiger partial charge in [-0.1, -0.05) is 18.2 Å². The van der Waals surface area contributed by atoms with Crippen LogP contribution in [-0.2, 0) is 0 Å². The fourth-order valence-corrected chi connectivity index (χ4v) is 2.90. The van der Waals surface area contributed by atoms with E-state index < -0.39 is 6.09 Å². The van der Waals surface area contributed by atoms with Crippen LogP contribution in [0.2, 0.25) is 0 Å². The summed E-state index contributed by atoms with van der Waals surface area (Å²) in [5.41, 5.74) is 3.23. The van der Waals surface area contributed by atoms with Crippen molar-refractivity contribution in [3.63, 3.8) is 0 Å². The number of para-hydroxylation sites is 1. The summed E-state index contributed by atoms with van der Waals surface area (Å²) < 4.78 is 12.6. The van der Waals surface area contributed by atoms with Gasteiger partial charge in [-0.2, -0.15) is 0 Å². The predicted molar refractivity (Wildman–Crippen MR) is 110 cm³/mol. The summed E-state index contributed by atoms with van der Waals surface area (Å²) in [6, 6.07) is 21.8. The molecule has 29 heavy (non-hydrogen) atoms. The van der Waals surface area contributed by atoms with Gasteiger partial charge >= 0.3 is 6.09 Å². The first-order chi connectivity index (χ1) is 14.2. The lowest BCUT2D eigenvalue weighted by Gasteiger charge is -2.09. The summed E-state index contributed by atoms with van der Waals surface area (Å²) in [4.78, 5) is 16.4. The van der Waals surface area contributed by atoms with Crippen LogP contribution in [0.5, 0.6) is 11.5 Å². The maximum Gasteiger partial charge on any atom is 0.417 e. The van der Waals surface area contributed by atoms with Crippen LogP contribution in [0.4, 0.5) is 10.5 Å². The van der Waals surface area contributed by atoms with E-state index >= 15 is 0 Å². The Kier molecular flexibility index (Phi) is 5.40. The maximum absolute atomic E-state index is 12.0. The average Bonchev–Trinajstić information content (AvgIpc) is 3.17. The molecule has 0 unspecified atom stereocenters. The van der Waals surface area contributed by atoms with E-state index in [4.69, 9.17) is 14.6 Å². The minimum atomic E-state index is -0.549. The van der Waals surface area contributed by atoms with Crippen LogP contribution >= 0.6 is 0 Å². The van der Waals surface area contributed by atoms with Crippen molar-refractivity contribution in [1.29, 1.82) is 0 Å². The molecular weight excluding hydrogens is 370 g/mol. The quantitative estimate of drug-likeness (QED) is 0.520. The second kappa shape index (κ2) is 8.45. The number of nitrogens with one attached hydrogen (secondary N) is 1. The molecule has 146 valence electrons. The van der Waals surface area contributed by atoms with Crippen LogP contribution in [0.1, 0.15) is 0 Å². The first kappa shape index (κ1) is 18.5. The lowest BCUT2D eigenvalue weighted by atomic mass is 10.2. The van der Waals surface area contributed by atoms with Gasteiger partial charge < -0.3 is 14.6 Å². The maximum atomic E-state index is 12.0. The number of imidazole rings is 1. The molecule has 1 heterocycles. The number of ether oxygens (including phenoxy) is 2. The van der Waals surface area contributed by atoms with Gasteiger partial charge in [0.1, 0.15) is 24.4 Å². The van der Waals surface area contributed by atoms with Crippen LogP contribution in [0, 0.1) is 0 Å². The third kappa shape index (κ3) is 4.36. The van der Waals surface area contributed by atoms with E-state index in [9.17, 15) is 4.79 Å². The Morgan fingerprint density at radius 2 is 1.79 bits per heavy atom. The summed E-state index contributed by atoms with van der Waals surface area (Å²) >= 11 is 0. The van der Waals surface area contributed by atoms with Gasteiger partial charge in [-0.05, 0) is 48.5 Å². The van der Waals surface area contributed by atoms with E-state index in [1.165, 1.54) is 0 Å². The van der Waals surface area contributed by atoms with Crippen molar-refractivity contribution in [1.82, 2.24) is 9.55 Å². The molecule has 0 saturated heterocycles. The molecule has 1 amide bonds. The Hall–Kier alpha value is -3.84. The third-order valence-corrected chi connectivity index (χ3v) is 4.22. The molecule has 0 spiro atoms. The number of anilines is 1. The number of benzene rings is 3. The highest BCUT2D eigenvalue weighted by Crippen LogP contribution is 2.23. The number of fused-ring (bicyclic) bond motifs is 1. The molecule has 0 fully saturated rings. The fourth-order valence-electron chi connectivity index (χ4n) is 2.90. The zero-order valence-corrected chi connectivity index (χ0v) is 15.5. The SMILES string of the molecule is O=C(Nc1ccc(-n2cnc3cc(OCCO)ccc32)cc1)Oc1ccccc1. The summed E-state index contributed by atoms with van der Waals surface area (Å²) in [6.45, 7) is 0.207. The van der Waals surface area contributed by atoms with Gasteiger partial charge in [-0.15, -0.1) is 0 Å². The van der Waals surface area contributed by atoms with E-state index in [-0.39, 0.29) is 13.2 Å². The molecule has 0 atom stereocenters. The lowest BCUT2D eigenvalue weighted by molar-refractivity contribution is 0.201. The highest BCUT2D eigenvalue weighted by Gasteiger charge is 2.08. The summed E-state index contributed by atoms with van der Waals surface area (Å²) in [6.07, 6.45) is 1.18. The number of carbonyl (C=O) groups excluding carboxylic acids is 1. The number of carbonyl (C=O) groups is 1. The molecule has 0 aliphatic heterocycles. The van der Waals surface area contributed by atoms with Gasteiger partial charge in [-0.25, -0.2) is 9.78 Å². The van der Waals surface area contributed by atoms with E-state index in [1.54, 1.807) is 42.7 Å². The predicted octanol–water partition coefficient (Wildman–Crippen LogP) is 4.01. The van der Waals surface area contributed by atoms with E-state index in [1.807, 2.05) is 41.0 Å². The smallest absolute Gasteiger partial charge is 0.417 e. The Morgan fingerprint density at radius 3 is 2.55 bits per heavy atom. The van der Waals surface area contributed by atoms with Crippen molar-refractivity contribution in [3.8, 4) is 17.2 Å². The van der Waals surface area contributed by atoms with Crippen LogP contribution in [0.15, 0.2) is 79.1 Å². The number of amides is 1. The molecule has 0 aliphatic carbocycles. The monoisotopic (exact) mass is 389 g/mol. The average molecular weight is 389 g/mol. The van der Waals surface area contributed by atoms with Crippen LogP contribution in [-0.4, -0.2) is 34.0 Å². The summed E-state index contributed by atoms with van der Waals surface area (Å²) in [7, 11) is 0. The van der Waals surface area contributed by atoms with Gasteiger partial charge in [-0.3, -0.25) is 9.88 Å². The molecule has 2 N–H and O–H groups in total. The first-order valence-corrected chi connectivity index (χ1v) is 9.08. The molecule has 0 aliphatic rings. The number of hydrogen-bond donors (Lipinski definition) is 2. The summed E-state index contributed by atoms with van der Waals surface area (Å²) in [5, 5.41) is 11.6. The van der Waals surface area contributed by atoms with Crippen molar-refractivity contribution in [3.05, 3.63) is 79.1 Å². The number of aliphatic hydroxyl groups excluding tert-OH is 1. The molecule has 0 bridgehead atoms. The zero-order valence-electron chi connectivity index (χ0n) is 15.5. The Morgan fingerprint density at radius 1 is 1.00 bits per heavy atom. The fraction of sp³-hybridized carbons (Fsp3) is 0.0909. The topological polar surface area (TPSA) is 85.6 Å². The van der Waals surface area contributed by atoms with E-state index in [0.29, 0.717) is 17.2 Å². The van der Waals surface area contributed by atoms with Gasteiger partial charge in [0.15, 0.2) is 0 Å². The molecule has 0 radical (unpaired) electrons. The Bertz CT molecular complexity index is 1110. The lowest BCUT2D eigenvalue weighted by Crippen LogP contribution is -2.16. The highest BCUT2D eigenvalue weighted by atomic mass is 16.6. The van der Waals surface area contributed by atoms with Crippen molar-refractivity contribution in [2.45, 2.75) is 0 Å². The molecule has 4 rings (SSSR count).